The van der Waals surface area contributed by atoms with Crippen molar-refractivity contribution in [3.05, 3.63) is 27.3 Å². The van der Waals surface area contributed by atoms with Gasteiger partial charge in [0.25, 0.3) is 0 Å². The smallest absolute Gasteiger partial charge is 0.122 e. The highest BCUT2D eigenvalue weighted by Gasteiger charge is 2.28. The zero-order valence-electron chi connectivity index (χ0n) is 21.1. The van der Waals surface area contributed by atoms with E-state index in [2.05, 4.69) is 20.4 Å². The molecule has 0 aliphatic carbocycles. The molecule has 0 aromatic heterocycles. The number of nitrogens with zero attached hydrogens (tertiary/aromatic N) is 1. The van der Waals surface area contributed by atoms with Crippen molar-refractivity contribution in [1.29, 1.82) is 0 Å². The molecule has 1 aromatic carbocycles. The number of benzene rings is 1. The lowest BCUT2D eigenvalue weighted by Gasteiger charge is -2.30. The highest BCUT2D eigenvalue weighted by Crippen LogP contribution is 2.30. The average molecular weight is 428 g/mol. The highest BCUT2D eigenvalue weighted by molar-refractivity contribution is 5.46. The topological polar surface area (TPSA) is 32.6 Å². The van der Waals surface area contributed by atoms with Gasteiger partial charge in [0.05, 0.1) is 10.9 Å². The highest BCUT2D eigenvalue weighted by atomic mass is 16.3. The van der Waals surface area contributed by atoms with Gasteiger partial charge < -0.3 is 5.11 Å². The minimum absolute atomic E-state index is 0.0341. The summed E-state index contributed by atoms with van der Waals surface area (Å²) >= 11 is 0. The standard InChI is InChI=1S/C29H49NO/c1-6-7-8-9-10-11-12-13-14-15-16-17-18-19-21-29(5)22-20-26-25(4)28(31)24(3)23(2)27(26)30-29/h31H,2,6-22H2,1,3-5H3. The van der Waals surface area contributed by atoms with Crippen LogP contribution in [0.15, 0.2) is 4.99 Å². The molecule has 1 heterocycles. The maximum absolute atomic E-state index is 10.3. The summed E-state index contributed by atoms with van der Waals surface area (Å²) in [6.07, 6.45) is 22.9. The van der Waals surface area contributed by atoms with Crippen molar-refractivity contribution in [3.63, 3.8) is 0 Å². The molecule has 0 fully saturated rings. The van der Waals surface area contributed by atoms with E-state index in [1.807, 2.05) is 13.8 Å². The number of hydrogen-bond donors (Lipinski definition) is 1. The number of aromatic hydroxyl groups is 1. The Morgan fingerprint density at radius 1 is 0.806 bits per heavy atom. The fourth-order valence-corrected chi connectivity index (χ4v) is 5.15. The summed E-state index contributed by atoms with van der Waals surface area (Å²) in [6, 6.07) is 0. The van der Waals surface area contributed by atoms with Gasteiger partial charge in [0.2, 0.25) is 0 Å². The van der Waals surface area contributed by atoms with Crippen molar-refractivity contribution in [2.24, 2.45) is 4.99 Å². The molecule has 0 saturated carbocycles. The summed E-state index contributed by atoms with van der Waals surface area (Å²) in [5.41, 5.74) is 3.14. The Kier molecular flexibility index (Phi) is 11.1. The van der Waals surface area contributed by atoms with Crippen LogP contribution in [0.25, 0.3) is 6.58 Å². The normalized spacial score (nSPS) is 18.1. The van der Waals surface area contributed by atoms with E-state index < -0.39 is 0 Å². The zero-order valence-corrected chi connectivity index (χ0v) is 21.1. The first-order chi connectivity index (χ1) is 14.9. The van der Waals surface area contributed by atoms with Gasteiger partial charge in [0.15, 0.2) is 0 Å². The van der Waals surface area contributed by atoms with Gasteiger partial charge in [-0.2, -0.15) is 0 Å². The molecule has 2 rings (SSSR count). The zero-order chi connectivity index (χ0) is 22.7. The number of phenolic OH excluding ortho intramolecular Hbond substituents is 1. The molecule has 0 bridgehead atoms. The molecule has 0 saturated heterocycles. The van der Waals surface area contributed by atoms with Crippen molar-refractivity contribution >= 4 is 6.58 Å². The van der Waals surface area contributed by atoms with Gasteiger partial charge in [-0.05, 0) is 61.9 Å². The van der Waals surface area contributed by atoms with E-state index in [1.54, 1.807) is 0 Å². The Morgan fingerprint density at radius 3 is 1.81 bits per heavy atom. The van der Waals surface area contributed by atoms with Crippen LogP contribution < -0.4 is 10.6 Å². The summed E-state index contributed by atoms with van der Waals surface area (Å²) in [6.45, 7) is 12.8. The Balaban J connectivity index is 1.62. The van der Waals surface area contributed by atoms with Crippen LogP contribution in [0.4, 0.5) is 0 Å². The summed E-state index contributed by atoms with van der Waals surface area (Å²) in [7, 11) is 0. The molecule has 1 aliphatic heterocycles. The van der Waals surface area contributed by atoms with Crippen molar-refractivity contribution in [2.45, 2.75) is 142 Å². The summed E-state index contributed by atoms with van der Waals surface area (Å²) in [4.78, 5) is 5.17. The van der Waals surface area contributed by atoms with Gasteiger partial charge >= 0.3 is 0 Å². The van der Waals surface area contributed by atoms with Crippen molar-refractivity contribution in [1.82, 2.24) is 0 Å². The number of phenols is 1. The number of rotatable bonds is 15. The van der Waals surface area contributed by atoms with Crippen LogP contribution in [0.3, 0.4) is 0 Å². The predicted molar refractivity (Wildman–Crippen MR) is 136 cm³/mol. The third kappa shape index (κ3) is 7.95. The van der Waals surface area contributed by atoms with Crippen LogP contribution in [0, 0.1) is 13.8 Å². The average Bonchev–Trinajstić information content (AvgIpc) is 2.76. The molecule has 0 radical (unpaired) electrons. The van der Waals surface area contributed by atoms with Gasteiger partial charge in [-0.3, -0.25) is 4.99 Å². The van der Waals surface area contributed by atoms with Crippen LogP contribution >= 0.6 is 0 Å². The third-order valence-electron chi connectivity index (χ3n) is 7.55. The van der Waals surface area contributed by atoms with Crippen LogP contribution in [0.2, 0.25) is 0 Å². The van der Waals surface area contributed by atoms with Crippen LogP contribution in [-0.4, -0.2) is 10.6 Å². The Morgan fingerprint density at radius 2 is 1.29 bits per heavy atom. The van der Waals surface area contributed by atoms with Crippen molar-refractivity contribution < 1.29 is 5.11 Å². The van der Waals surface area contributed by atoms with Crippen molar-refractivity contribution in [2.75, 3.05) is 0 Å². The van der Waals surface area contributed by atoms with Crippen molar-refractivity contribution in [3.8, 4) is 5.75 Å². The summed E-state index contributed by atoms with van der Waals surface area (Å²) in [5, 5.41) is 12.3. The molecule has 0 spiro atoms. The Hall–Kier alpha value is -1.31. The number of hydrogen-bond acceptors (Lipinski definition) is 2. The van der Waals surface area contributed by atoms with E-state index in [0.29, 0.717) is 5.75 Å². The monoisotopic (exact) mass is 427 g/mol. The fourth-order valence-electron chi connectivity index (χ4n) is 5.15. The lowest BCUT2D eigenvalue weighted by Crippen LogP contribution is -2.41. The molecule has 31 heavy (non-hydrogen) atoms. The molecule has 1 aromatic rings. The van der Waals surface area contributed by atoms with E-state index in [-0.39, 0.29) is 5.54 Å². The maximum Gasteiger partial charge on any atom is 0.122 e. The van der Waals surface area contributed by atoms with Gasteiger partial charge in [-0.25, -0.2) is 0 Å². The number of fused-ring (bicyclic) bond motifs is 1. The molecule has 2 heteroatoms. The lowest BCUT2D eigenvalue weighted by atomic mass is 9.83. The van der Waals surface area contributed by atoms with Gasteiger partial charge in [0.1, 0.15) is 5.75 Å². The fraction of sp³-hybridized carbons (Fsp3) is 0.759. The van der Waals surface area contributed by atoms with E-state index >= 15 is 0 Å². The first-order valence-electron chi connectivity index (χ1n) is 13.3. The van der Waals surface area contributed by atoms with E-state index in [0.717, 1.165) is 34.5 Å². The molecule has 1 aliphatic rings. The molecule has 2 nitrogen and oxygen atoms in total. The molecule has 176 valence electrons. The molecular weight excluding hydrogens is 378 g/mol. The molecule has 1 unspecified atom stereocenters. The van der Waals surface area contributed by atoms with Crippen LogP contribution in [0.1, 0.15) is 133 Å². The minimum Gasteiger partial charge on any atom is -0.507 e. The molecule has 0 amide bonds. The molecule has 1 atom stereocenters. The maximum atomic E-state index is 10.3. The quantitative estimate of drug-likeness (QED) is 0.287. The van der Waals surface area contributed by atoms with E-state index in [9.17, 15) is 5.11 Å². The first-order valence-corrected chi connectivity index (χ1v) is 13.3. The molecular formula is C29H49NO. The van der Waals surface area contributed by atoms with Gasteiger partial charge in [0, 0.05) is 0 Å². The summed E-state index contributed by atoms with van der Waals surface area (Å²) < 4.78 is 0. The summed E-state index contributed by atoms with van der Waals surface area (Å²) in [5.74, 6) is 0.412. The van der Waals surface area contributed by atoms with Crippen LogP contribution in [0.5, 0.6) is 5.75 Å². The predicted octanol–water partition coefficient (Wildman–Crippen LogP) is 7.62. The second-order valence-electron chi connectivity index (χ2n) is 10.4. The van der Waals surface area contributed by atoms with E-state index in [4.69, 9.17) is 4.99 Å². The largest absolute Gasteiger partial charge is 0.507 e. The van der Waals surface area contributed by atoms with Gasteiger partial charge in [-0.15, -0.1) is 0 Å². The minimum atomic E-state index is 0.0341. The molecule has 1 N–H and O–H groups in total. The van der Waals surface area contributed by atoms with E-state index in [1.165, 1.54) is 102 Å². The van der Waals surface area contributed by atoms with Crippen LogP contribution in [-0.2, 0) is 6.42 Å². The Labute approximate surface area is 192 Å². The second kappa shape index (κ2) is 13.3. The Bertz CT molecular complexity index is 781. The second-order valence-corrected chi connectivity index (χ2v) is 10.4. The SMILES string of the molecule is C=c1c(C)c(O)c(C)c2c1=NC(C)(CCCCCCCCCCCCCCCC)CC2. The lowest BCUT2D eigenvalue weighted by molar-refractivity contribution is 0.360. The number of unbranched alkanes of at least 4 members (excludes halogenated alkanes) is 13. The third-order valence-corrected chi connectivity index (χ3v) is 7.55. The van der Waals surface area contributed by atoms with Gasteiger partial charge in [-0.1, -0.05) is 103 Å². The first kappa shape index (κ1) is 25.9.